The van der Waals surface area contributed by atoms with E-state index in [2.05, 4.69) is 4.98 Å². The minimum Gasteiger partial charge on any atom is -0.383 e. The standard InChI is InChI=1S/C16H24N3O9PS2/c1-11(20)30-7-5-25-29(23,26-6-8-31-12(2)21)27-10-15-24-9-14(28-15)19-4-3-13(17)18-16(19)22/h3-4,14-15H,5-10H2,1-2H3,(H2,17,18,22)/t14-,15-/m0/s1. The molecule has 31 heavy (non-hydrogen) atoms. The molecular formula is C16H24N3O9PS2. The number of carbonyl (C=O) groups excluding carboxylic acids is 2. The highest BCUT2D eigenvalue weighted by Crippen LogP contribution is 2.50. The molecule has 0 amide bonds. The highest BCUT2D eigenvalue weighted by atomic mass is 32.2. The summed E-state index contributed by atoms with van der Waals surface area (Å²) < 4.78 is 40.9. The number of carbonyl (C=O) groups is 2. The third kappa shape index (κ3) is 9.41. The SMILES string of the molecule is CC(=O)SCCOP(=O)(OCCSC(C)=O)OC[C@H]1OC[C@@H](n2ccc(N)nc2=O)O1. The van der Waals surface area contributed by atoms with E-state index in [4.69, 9.17) is 28.8 Å². The first kappa shape index (κ1) is 26.0. The second-order valence-electron chi connectivity index (χ2n) is 5.99. The fourth-order valence-electron chi connectivity index (χ4n) is 2.25. The number of phosphoric ester groups is 1. The molecule has 2 atom stereocenters. The number of aromatic nitrogens is 2. The topological polar surface area (TPSA) is 158 Å². The average molecular weight is 497 g/mol. The number of hydrogen-bond acceptors (Lipinski definition) is 13. The van der Waals surface area contributed by atoms with Crippen LogP contribution in [0.3, 0.4) is 0 Å². The van der Waals surface area contributed by atoms with Gasteiger partial charge in [-0.25, -0.2) is 9.36 Å². The van der Waals surface area contributed by atoms with Gasteiger partial charge >= 0.3 is 13.5 Å². The second kappa shape index (κ2) is 12.7. The van der Waals surface area contributed by atoms with Gasteiger partial charge in [0, 0.05) is 31.6 Å². The van der Waals surface area contributed by atoms with Crippen LogP contribution in [0.15, 0.2) is 17.1 Å². The Labute approximate surface area is 187 Å². The molecule has 1 aliphatic rings. The number of hydrogen-bond donors (Lipinski definition) is 1. The van der Waals surface area contributed by atoms with E-state index in [0.29, 0.717) is 0 Å². The molecule has 15 heteroatoms. The first-order valence-electron chi connectivity index (χ1n) is 9.10. The Morgan fingerprint density at radius 3 is 2.39 bits per heavy atom. The van der Waals surface area contributed by atoms with Crippen molar-refractivity contribution in [3.63, 3.8) is 0 Å². The Morgan fingerprint density at radius 2 is 1.84 bits per heavy atom. The summed E-state index contributed by atoms with van der Waals surface area (Å²) in [5.41, 5.74) is 4.87. The average Bonchev–Trinajstić information content (AvgIpc) is 3.16. The third-order valence-electron chi connectivity index (χ3n) is 3.54. The molecule has 2 N–H and O–H groups in total. The van der Waals surface area contributed by atoms with E-state index in [9.17, 15) is 18.9 Å². The molecule has 1 saturated heterocycles. The van der Waals surface area contributed by atoms with Crippen LogP contribution in [0.5, 0.6) is 0 Å². The maximum Gasteiger partial charge on any atom is 0.475 e. The zero-order valence-corrected chi connectivity index (χ0v) is 19.5. The highest BCUT2D eigenvalue weighted by Gasteiger charge is 2.33. The lowest BCUT2D eigenvalue weighted by Gasteiger charge is -2.19. The number of nitrogens with zero attached hydrogens (tertiary/aromatic N) is 2. The van der Waals surface area contributed by atoms with Crippen molar-refractivity contribution in [2.24, 2.45) is 0 Å². The van der Waals surface area contributed by atoms with Crippen molar-refractivity contribution in [3.8, 4) is 0 Å². The van der Waals surface area contributed by atoms with Crippen molar-refractivity contribution in [3.05, 3.63) is 22.7 Å². The van der Waals surface area contributed by atoms with Crippen molar-refractivity contribution < 1.29 is 37.2 Å². The molecule has 1 fully saturated rings. The summed E-state index contributed by atoms with van der Waals surface area (Å²) in [6.07, 6.45) is -0.263. The minimum absolute atomic E-state index is 0.0377. The van der Waals surface area contributed by atoms with Crippen LogP contribution in [0, 0.1) is 0 Å². The predicted molar refractivity (Wildman–Crippen MR) is 115 cm³/mol. The summed E-state index contributed by atoms with van der Waals surface area (Å²) in [5.74, 6) is 0.612. The lowest BCUT2D eigenvalue weighted by atomic mass is 10.5. The van der Waals surface area contributed by atoms with Crippen molar-refractivity contribution in [2.75, 3.05) is 43.7 Å². The van der Waals surface area contributed by atoms with Crippen LogP contribution in [0.25, 0.3) is 0 Å². The Kier molecular flexibility index (Phi) is 10.7. The molecule has 0 aromatic carbocycles. The molecule has 2 rings (SSSR count). The minimum atomic E-state index is -4.01. The number of nitrogens with two attached hydrogens (primary N) is 1. The van der Waals surface area contributed by atoms with E-state index in [0.717, 1.165) is 23.5 Å². The second-order valence-corrected chi connectivity index (χ2v) is 10.2. The molecule has 2 heterocycles. The maximum absolute atomic E-state index is 12.9. The van der Waals surface area contributed by atoms with Crippen LogP contribution >= 0.6 is 31.3 Å². The molecular weight excluding hydrogens is 473 g/mol. The van der Waals surface area contributed by atoms with E-state index < -0.39 is 26.0 Å². The monoisotopic (exact) mass is 497 g/mol. The van der Waals surface area contributed by atoms with Gasteiger partial charge in [-0.15, -0.1) is 0 Å². The summed E-state index contributed by atoms with van der Waals surface area (Å²) in [6.45, 7) is 2.44. The number of anilines is 1. The number of phosphoric acid groups is 1. The van der Waals surface area contributed by atoms with Crippen molar-refractivity contribution >= 4 is 47.4 Å². The predicted octanol–water partition coefficient (Wildman–Crippen LogP) is 1.41. The lowest BCUT2D eigenvalue weighted by molar-refractivity contribution is -0.109. The number of ether oxygens (including phenoxy) is 2. The zero-order valence-electron chi connectivity index (χ0n) is 17.0. The molecule has 0 aliphatic carbocycles. The normalized spacial score (nSPS) is 18.9. The number of nitrogen functional groups attached to an aromatic ring is 1. The highest BCUT2D eigenvalue weighted by molar-refractivity contribution is 8.13. The Bertz CT molecular complexity index is 843. The first-order valence-corrected chi connectivity index (χ1v) is 12.5. The van der Waals surface area contributed by atoms with Gasteiger partial charge < -0.3 is 15.2 Å². The third-order valence-corrected chi connectivity index (χ3v) is 6.56. The van der Waals surface area contributed by atoms with E-state index in [1.165, 1.54) is 30.7 Å². The van der Waals surface area contributed by atoms with Gasteiger partial charge in [-0.1, -0.05) is 23.5 Å². The molecule has 0 bridgehead atoms. The van der Waals surface area contributed by atoms with Gasteiger partial charge in [0.15, 0.2) is 22.7 Å². The Balaban J connectivity index is 1.88. The zero-order chi connectivity index (χ0) is 22.9. The smallest absolute Gasteiger partial charge is 0.383 e. The van der Waals surface area contributed by atoms with Gasteiger partial charge in [-0.2, -0.15) is 4.98 Å². The number of rotatable bonds is 12. The van der Waals surface area contributed by atoms with Gasteiger partial charge in [-0.3, -0.25) is 27.7 Å². The van der Waals surface area contributed by atoms with Crippen LogP contribution in [0.2, 0.25) is 0 Å². The summed E-state index contributed by atoms with van der Waals surface area (Å²) in [4.78, 5) is 37.5. The van der Waals surface area contributed by atoms with Crippen LogP contribution in [-0.2, 0) is 37.2 Å². The quantitative estimate of drug-likeness (QED) is 0.327. The summed E-state index contributed by atoms with van der Waals surface area (Å²) in [6, 6.07) is 1.45. The fourth-order valence-corrected chi connectivity index (χ4v) is 4.57. The molecule has 1 aromatic rings. The summed E-state index contributed by atoms with van der Waals surface area (Å²) >= 11 is 2.01. The summed E-state index contributed by atoms with van der Waals surface area (Å²) in [5, 5.41) is -0.214. The van der Waals surface area contributed by atoms with Gasteiger partial charge in [0.1, 0.15) is 12.4 Å². The largest absolute Gasteiger partial charge is 0.475 e. The lowest BCUT2D eigenvalue weighted by Crippen LogP contribution is -2.28. The van der Waals surface area contributed by atoms with E-state index in [-0.39, 0.29) is 54.0 Å². The van der Waals surface area contributed by atoms with Crippen LogP contribution in [0.4, 0.5) is 5.82 Å². The fraction of sp³-hybridized carbons (Fsp3) is 0.625. The van der Waals surface area contributed by atoms with E-state index in [1.54, 1.807) is 0 Å². The van der Waals surface area contributed by atoms with Crippen LogP contribution in [0.1, 0.15) is 20.1 Å². The van der Waals surface area contributed by atoms with Crippen molar-refractivity contribution in [1.29, 1.82) is 0 Å². The van der Waals surface area contributed by atoms with Gasteiger partial charge in [-0.05, 0) is 6.07 Å². The molecule has 12 nitrogen and oxygen atoms in total. The maximum atomic E-state index is 12.9. The molecule has 0 spiro atoms. The summed E-state index contributed by atoms with van der Waals surface area (Å²) in [7, 11) is -4.01. The van der Waals surface area contributed by atoms with Gasteiger partial charge in [0.2, 0.25) is 0 Å². The Morgan fingerprint density at radius 1 is 1.23 bits per heavy atom. The van der Waals surface area contributed by atoms with Crippen LogP contribution < -0.4 is 11.4 Å². The first-order chi connectivity index (χ1) is 14.7. The molecule has 0 saturated carbocycles. The van der Waals surface area contributed by atoms with Gasteiger partial charge in [0.25, 0.3) is 0 Å². The molecule has 0 unspecified atom stereocenters. The Hall–Kier alpha value is -1.25. The van der Waals surface area contributed by atoms with Crippen molar-refractivity contribution in [1.82, 2.24) is 9.55 Å². The molecule has 174 valence electrons. The molecule has 1 aliphatic heterocycles. The van der Waals surface area contributed by atoms with Gasteiger partial charge in [0.05, 0.1) is 19.8 Å². The van der Waals surface area contributed by atoms with E-state index in [1.807, 2.05) is 0 Å². The van der Waals surface area contributed by atoms with Crippen LogP contribution in [-0.4, -0.2) is 64.0 Å². The molecule has 1 aromatic heterocycles. The van der Waals surface area contributed by atoms with Crippen molar-refractivity contribution in [2.45, 2.75) is 26.4 Å². The number of thioether (sulfide) groups is 2. The van der Waals surface area contributed by atoms with E-state index >= 15 is 0 Å². The molecule has 0 radical (unpaired) electrons.